The first-order chi connectivity index (χ1) is 15.2. The number of benzene rings is 2. The van der Waals surface area contributed by atoms with Gasteiger partial charge < -0.3 is 23.7 Å². The second-order valence-corrected chi connectivity index (χ2v) is 9.47. The van der Waals surface area contributed by atoms with Gasteiger partial charge in [-0.15, -0.1) is 0 Å². The number of hydrogen-bond donors (Lipinski definition) is 1. The Morgan fingerprint density at radius 3 is 2.69 bits per heavy atom. The highest BCUT2D eigenvalue weighted by Gasteiger charge is 2.54. The van der Waals surface area contributed by atoms with Crippen molar-refractivity contribution in [1.29, 1.82) is 0 Å². The minimum atomic E-state index is -0.894. The zero-order valence-corrected chi connectivity index (χ0v) is 19.0. The standard InChI is InChI=1S/C26H28O6/c1-12(2)16-11-30-22-13(3)10-17-18(19(22)21(16)28)20(27)14-8-7-9-15(23(14)31-17)24(29-6)25-26(4,5)32-25/h7-10,16,21,24-25,28H,1,11H2,2-6H3/t16-,21-,24-,25+/m1/s1. The fourth-order valence-electron chi connectivity index (χ4n) is 4.91. The summed E-state index contributed by atoms with van der Waals surface area (Å²) in [5.41, 5.74) is 3.26. The lowest BCUT2D eigenvalue weighted by Crippen LogP contribution is -2.28. The van der Waals surface area contributed by atoms with Gasteiger partial charge in [0.2, 0.25) is 5.43 Å². The van der Waals surface area contributed by atoms with Crippen LogP contribution in [0.1, 0.15) is 49.7 Å². The monoisotopic (exact) mass is 436 g/mol. The predicted octanol–water partition coefficient (Wildman–Crippen LogP) is 4.74. The van der Waals surface area contributed by atoms with Gasteiger partial charge in [-0.2, -0.15) is 0 Å². The fraction of sp³-hybridized carbons (Fsp3) is 0.423. The van der Waals surface area contributed by atoms with Gasteiger partial charge in [0.05, 0.1) is 29.1 Å². The van der Waals surface area contributed by atoms with E-state index in [-0.39, 0.29) is 29.2 Å². The van der Waals surface area contributed by atoms with Crippen LogP contribution < -0.4 is 10.2 Å². The molecule has 4 atom stereocenters. The van der Waals surface area contributed by atoms with Crippen LogP contribution >= 0.6 is 0 Å². The smallest absolute Gasteiger partial charge is 0.201 e. The molecule has 168 valence electrons. The number of aliphatic hydroxyl groups is 1. The number of methoxy groups -OCH3 is 1. The number of aryl methyl sites for hydroxylation is 1. The summed E-state index contributed by atoms with van der Waals surface area (Å²) in [7, 11) is 1.63. The number of aliphatic hydroxyl groups excluding tert-OH is 1. The Hall–Kier alpha value is -2.67. The third-order valence-corrected chi connectivity index (χ3v) is 6.81. The Morgan fingerprint density at radius 1 is 1.34 bits per heavy atom. The molecule has 3 heterocycles. The summed E-state index contributed by atoms with van der Waals surface area (Å²) in [6, 6.07) is 7.28. The molecule has 0 saturated carbocycles. The summed E-state index contributed by atoms with van der Waals surface area (Å²) in [5, 5.41) is 12.0. The number of ether oxygens (including phenoxy) is 3. The lowest BCUT2D eigenvalue weighted by Gasteiger charge is -2.32. The van der Waals surface area contributed by atoms with Crippen LogP contribution in [-0.4, -0.2) is 30.5 Å². The summed E-state index contributed by atoms with van der Waals surface area (Å²) >= 11 is 0. The van der Waals surface area contributed by atoms with Gasteiger partial charge in [0, 0.05) is 24.2 Å². The van der Waals surface area contributed by atoms with Crippen molar-refractivity contribution < 1.29 is 23.7 Å². The molecule has 6 nitrogen and oxygen atoms in total. The molecule has 0 bridgehead atoms. The van der Waals surface area contributed by atoms with Crippen molar-refractivity contribution in [3.8, 4) is 5.75 Å². The van der Waals surface area contributed by atoms with E-state index in [0.717, 1.165) is 16.7 Å². The molecule has 0 spiro atoms. The summed E-state index contributed by atoms with van der Waals surface area (Å²) in [6.07, 6.45) is -1.39. The molecule has 2 aromatic carbocycles. The summed E-state index contributed by atoms with van der Waals surface area (Å²) < 4.78 is 23.9. The zero-order chi connectivity index (χ0) is 22.9. The van der Waals surface area contributed by atoms with E-state index in [0.29, 0.717) is 39.9 Å². The predicted molar refractivity (Wildman–Crippen MR) is 122 cm³/mol. The van der Waals surface area contributed by atoms with Crippen LogP contribution in [0.4, 0.5) is 0 Å². The van der Waals surface area contributed by atoms with Crippen molar-refractivity contribution >= 4 is 21.9 Å². The normalized spacial score (nSPS) is 24.8. The van der Waals surface area contributed by atoms with E-state index >= 15 is 0 Å². The van der Waals surface area contributed by atoms with Gasteiger partial charge in [0.1, 0.15) is 29.1 Å². The lowest BCUT2D eigenvalue weighted by molar-refractivity contribution is 0.0701. The fourth-order valence-corrected chi connectivity index (χ4v) is 4.91. The van der Waals surface area contributed by atoms with Gasteiger partial charge >= 0.3 is 0 Å². The molecule has 1 fully saturated rings. The number of para-hydroxylation sites is 1. The van der Waals surface area contributed by atoms with Crippen molar-refractivity contribution in [2.45, 2.75) is 51.6 Å². The molecule has 1 aromatic heterocycles. The molecule has 3 aromatic rings. The van der Waals surface area contributed by atoms with Crippen molar-refractivity contribution in [3.63, 3.8) is 0 Å². The Bertz CT molecular complexity index is 1320. The summed E-state index contributed by atoms with van der Waals surface area (Å²) in [5.74, 6) is 0.259. The van der Waals surface area contributed by atoms with Gasteiger partial charge in [0.25, 0.3) is 0 Å². The Labute approximate surface area is 186 Å². The number of hydrogen-bond acceptors (Lipinski definition) is 6. The third-order valence-electron chi connectivity index (χ3n) is 6.81. The minimum Gasteiger partial charge on any atom is -0.492 e. The molecule has 0 amide bonds. The van der Waals surface area contributed by atoms with E-state index < -0.39 is 6.10 Å². The molecule has 2 aliphatic heterocycles. The van der Waals surface area contributed by atoms with Crippen molar-refractivity contribution in [2.75, 3.05) is 13.7 Å². The first-order valence-corrected chi connectivity index (χ1v) is 10.9. The highest BCUT2D eigenvalue weighted by molar-refractivity contribution is 5.95. The SMILES string of the molecule is C=C(C)[C@H]1COc2c(C)cc3oc4c([C@@H](OC)[C@@H]5OC5(C)C)cccc4c(=O)c3c2[C@@H]1O. The quantitative estimate of drug-likeness (QED) is 0.362. The molecule has 2 aliphatic rings. The van der Waals surface area contributed by atoms with E-state index in [9.17, 15) is 9.90 Å². The molecule has 0 unspecified atom stereocenters. The second-order valence-electron chi connectivity index (χ2n) is 9.47. The average Bonchev–Trinajstić information content (AvgIpc) is 3.36. The van der Waals surface area contributed by atoms with Gasteiger partial charge in [-0.25, -0.2) is 0 Å². The van der Waals surface area contributed by atoms with Crippen LogP contribution in [0.25, 0.3) is 21.9 Å². The Morgan fingerprint density at radius 2 is 2.06 bits per heavy atom. The van der Waals surface area contributed by atoms with E-state index in [1.54, 1.807) is 19.2 Å². The van der Waals surface area contributed by atoms with E-state index in [1.807, 2.05) is 39.8 Å². The van der Waals surface area contributed by atoms with Gasteiger partial charge in [-0.1, -0.05) is 24.3 Å². The molecule has 32 heavy (non-hydrogen) atoms. The van der Waals surface area contributed by atoms with Gasteiger partial charge in [0.15, 0.2) is 0 Å². The number of rotatable bonds is 4. The van der Waals surface area contributed by atoms with Crippen molar-refractivity contribution in [2.24, 2.45) is 5.92 Å². The lowest BCUT2D eigenvalue weighted by atomic mass is 9.85. The molecule has 1 N–H and O–H groups in total. The number of fused-ring (bicyclic) bond motifs is 4. The van der Waals surface area contributed by atoms with Crippen LogP contribution in [0.2, 0.25) is 0 Å². The molecule has 6 heteroatoms. The van der Waals surface area contributed by atoms with E-state index in [4.69, 9.17) is 18.6 Å². The maximum atomic E-state index is 13.7. The van der Waals surface area contributed by atoms with Crippen LogP contribution in [0.15, 0.2) is 45.6 Å². The summed E-state index contributed by atoms with van der Waals surface area (Å²) in [4.78, 5) is 13.7. The van der Waals surface area contributed by atoms with Crippen molar-refractivity contribution in [3.05, 3.63) is 63.3 Å². The minimum absolute atomic E-state index is 0.129. The molecular weight excluding hydrogens is 408 g/mol. The molecule has 0 radical (unpaired) electrons. The maximum Gasteiger partial charge on any atom is 0.201 e. The maximum absolute atomic E-state index is 13.7. The topological polar surface area (TPSA) is 81.4 Å². The summed E-state index contributed by atoms with van der Waals surface area (Å²) in [6.45, 7) is 12.1. The largest absolute Gasteiger partial charge is 0.492 e. The van der Waals surface area contributed by atoms with Crippen LogP contribution in [0, 0.1) is 12.8 Å². The zero-order valence-electron chi connectivity index (χ0n) is 19.0. The van der Waals surface area contributed by atoms with Crippen LogP contribution in [0.3, 0.4) is 0 Å². The van der Waals surface area contributed by atoms with Gasteiger partial charge in [-0.05, 0) is 45.4 Å². The average molecular weight is 437 g/mol. The molecule has 0 aliphatic carbocycles. The Kier molecular flexibility index (Phi) is 4.75. The second kappa shape index (κ2) is 7.17. The van der Waals surface area contributed by atoms with Crippen molar-refractivity contribution in [1.82, 2.24) is 0 Å². The molecule has 5 rings (SSSR count). The first-order valence-electron chi connectivity index (χ1n) is 10.9. The number of epoxide rings is 1. The van der Waals surface area contributed by atoms with Gasteiger partial charge in [-0.3, -0.25) is 4.79 Å². The Balaban J connectivity index is 1.79. The molecular formula is C26H28O6. The van der Waals surface area contributed by atoms with Crippen LogP contribution in [-0.2, 0) is 9.47 Å². The van der Waals surface area contributed by atoms with E-state index in [2.05, 4.69) is 6.58 Å². The molecule has 1 saturated heterocycles. The first kappa shape index (κ1) is 21.2. The highest BCUT2D eigenvalue weighted by Crippen LogP contribution is 2.47. The highest BCUT2D eigenvalue weighted by atomic mass is 16.6. The van der Waals surface area contributed by atoms with Crippen LogP contribution in [0.5, 0.6) is 5.75 Å². The van der Waals surface area contributed by atoms with E-state index in [1.165, 1.54) is 0 Å². The third kappa shape index (κ3) is 3.01.